The quantitative estimate of drug-likeness (QED) is 0.762. The monoisotopic (exact) mass is 368 g/mol. The number of ether oxygens (including phenoxy) is 1. The summed E-state index contributed by atoms with van der Waals surface area (Å²) in [7, 11) is 0. The Balaban J connectivity index is 1.58. The summed E-state index contributed by atoms with van der Waals surface area (Å²) >= 11 is 3.30. The minimum absolute atomic E-state index is 0.197. The molecule has 2 aliphatic rings. The van der Waals surface area contributed by atoms with Crippen LogP contribution >= 0.6 is 15.9 Å². The number of carbonyl (C=O) groups excluding carboxylic acids is 1. The second-order valence-corrected chi connectivity index (χ2v) is 7.82. The highest BCUT2D eigenvalue weighted by molar-refractivity contribution is 9.10. The molecule has 1 aromatic heterocycles. The van der Waals surface area contributed by atoms with Gasteiger partial charge >= 0.3 is 6.09 Å². The maximum atomic E-state index is 12.1. The Hall–Kier alpha value is -1.37. The predicted molar refractivity (Wildman–Crippen MR) is 86.7 cm³/mol. The highest BCUT2D eigenvalue weighted by atomic mass is 79.9. The molecule has 2 atom stereocenters. The van der Waals surface area contributed by atoms with Crippen molar-refractivity contribution in [2.45, 2.75) is 26.4 Å². The van der Waals surface area contributed by atoms with Crippen LogP contribution < -0.4 is 4.90 Å². The largest absolute Gasteiger partial charge is 0.444 e. The Kier molecular flexibility index (Phi) is 4.01. The lowest BCUT2D eigenvalue weighted by molar-refractivity contribution is 0.0282. The van der Waals surface area contributed by atoms with Crippen molar-refractivity contribution in [1.82, 2.24) is 14.9 Å². The minimum Gasteiger partial charge on any atom is -0.444 e. The molecule has 1 amide bonds. The van der Waals surface area contributed by atoms with E-state index in [2.05, 4.69) is 30.8 Å². The summed E-state index contributed by atoms with van der Waals surface area (Å²) < 4.78 is 6.20. The zero-order chi connectivity index (χ0) is 15.9. The molecule has 0 aliphatic carbocycles. The van der Waals surface area contributed by atoms with Crippen molar-refractivity contribution in [3.8, 4) is 0 Å². The number of rotatable bonds is 1. The van der Waals surface area contributed by atoms with E-state index in [1.165, 1.54) is 0 Å². The molecule has 0 radical (unpaired) electrons. The van der Waals surface area contributed by atoms with Crippen molar-refractivity contribution in [3.05, 3.63) is 17.0 Å². The van der Waals surface area contributed by atoms with E-state index in [-0.39, 0.29) is 6.09 Å². The molecule has 0 saturated carbocycles. The molecule has 1 aromatic rings. The van der Waals surface area contributed by atoms with Crippen LogP contribution in [0.3, 0.4) is 0 Å². The molecule has 2 aliphatic heterocycles. The normalized spacial score (nSPS) is 24.5. The third-order valence-corrected chi connectivity index (χ3v) is 4.48. The summed E-state index contributed by atoms with van der Waals surface area (Å²) in [5.74, 6) is 1.87. The smallest absolute Gasteiger partial charge is 0.410 e. The number of nitrogens with zero attached hydrogens (tertiary/aromatic N) is 4. The zero-order valence-electron chi connectivity index (χ0n) is 13.1. The lowest BCUT2D eigenvalue weighted by Crippen LogP contribution is -2.37. The van der Waals surface area contributed by atoms with Gasteiger partial charge in [-0.2, -0.15) is 0 Å². The first kappa shape index (κ1) is 15.5. The molecule has 0 unspecified atom stereocenters. The first-order chi connectivity index (χ1) is 10.3. The van der Waals surface area contributed by atoms with Crippen molar-refractivity contribution in [2.24, 2.45) is 11.8 Å². The Labute approximate surface area is 139 Å². The van der Waals surface area contributed by atoms with Crippen LogP contribution in [0.25, 0.3) is 0 Å². The SMILES string of the molecule is CC(C)(C)OC(=O)N1C[C@@H]2CN(c3cnc(Br)cn3)C[C@@H]2C1. The van der Waals surface area contributed by atoms with Crippen molar-refractivity contribution in [3.63, 3.8) is 0 Å². The standard InChI is InChI=1S/C15H21BrN4O2/c1-15(2,3)22-14(21)20-8-10-6-19(7-11(10)9-20)13-5-17-12(16)4-18-13/h4-5,10-11H,6-9H2,1-3H3/t10-,11+. The fourth-order valence-corrected chi connectivity index (χ4v) is 3.33. The van der Waals surface area contributed by atoms with Crippen LogP contribution in [0.1, 0.15) is 20.8 Å². The fraction of sp³-hybridized carbons (Fsp3) is 0.667. The van der Waals surface area contributed by atoms with Gasteiger partial charge in [0.2, 0.25) is 0 Å². The minimum atomic E-state index is -0.437. The second kappa shape index (κ2) is 5.68. The van der Waals surface area contributed by atoms with Gasteiger partial charge in [0.15, 0.2) is 0 Å². The maximum absolute atomic E-state index is 12.1. The Morgan fingerprint density at radius 3 is 2.32 bits per heavy atom. The van der Waals surface area contributed by atoms with Crippen molar-refractivity contribution in [1.29, 1.82) is 0 Å². The van der Waals surface area contributed by atoms with E-state index in [0.29, 0.717) is 11.8 Å². The molecule has 2 fully saturated rings. The summed E-state index contributed by atoms with van der Waals surface area (Å²) in [6, 6.07) is 0. The highest BCUT2D eigenvalue weighted by Gasteiger charge is 2.43. The number of hydrogen-bond acceptors (Lipinski definition) is 5. The molecule has 0 aromatic carbocycles. The van der Waals surface area contributed by atoms with Crippen LogP contribution in [0, 0.1) is 11.8 Å². The van der Waals surface area contributed by atoms with E-state index in [1.54, 1.807) is 12.4 Å². The van der Waals surface area contributed by atoms with Crippen molar-refractivity contribution >= 4 is 27.8 Å². The van der Waals surface area contributed by atoms with Crippen LogP contribution in [0.4, 0.5) is 10.6 Å². The number of halogens is 1. The van der Waals surface area contributed by atoms with E-state index in [4.69, 9.17) is 4.74 Å². The molecule has 0 bridgehead atoms. The number of aromatic nitrogens is 2. The van der Waals surface area contributed by atoms with Crippen molar-refractivity contribution in [2.75, 3.05) is 31.1 Å². The lowest BCUT2D eigenvalue weighted by atomic mass is 10.0. The van der Waals surface area contributed by atoms with Gasteiger partial charge < -0.3 is 14.5 Å². The van der Waals surface area contributed by atoms with E-state index in [9.17, 15) is 4.79 Å². The van der Waals surface area contributed by atoms with Gasteiger partial charge in [0.1, 0.15) is 16.0 Å². The third kappa shape index (κ3) is 3.34. The third-order valence-electron chi connectivity index (χ3n) is 4.07. The van der Waals surface area contributed by atoms with Gasteiger partial charge in [-0.1, -0.05) is 0 Å². The molecular formula is C15H21BrN4O2. The number of amides is 1. The summed E-state index contributed by atoms with van der Waals surface area (Å²) in [5.41, 5.74) is -0.437. The molecule has 22 heavy (non-hydrogen) atoms. The van der Waals surface area contributed by atoms with Gasteiger partial charge in [0.25, 0.3) is 0 Å². The van der Waals surface area contributed by atoms with Gasteiger partial charge in [0.05, 0.1) is 12.4 Å². The number of carbonyl (C=O) groups is 1. The average Bonchev–Trinajstić information content (AvgIpc) is 2.95. The number of fused-ring (bicyclic) bond motifs is 1. The van der Waals surface area contributed by atoms with Gasteiger partial charge in [-0.25, -0.2) is 14.8 Å². The molecule has 3 heterocycles. The van der Waals surface area contributed by atoms with E-state index in [0.717, 1.165) is 36.6 Å². The average molecular weight is 369 g/mol. The van der Waals surface area contributed by atoms with Gasteiger partial charge in [-0.3, -0.25) is 0 Å². The number of likely N-dealkylation sites (tertiary alicyclic amines) is 1. The second-order valence-electron chi connectivity index (χ2n) is 7.01. The topological polar surface area (TPSA) is 58.6 Å². The van der Waals surface area contributed by atoms with Crippen LogP contribution in [-0.4, -0.2) is 52.7 Å². The van der Waals surface area contributed by atoms with E-state index < -0.39 is 5.60 Å². The van der Waals surface area contributed by atoms with Crippen LogP contribution in [0.5, 0.6) is 0 Å². The van der Waals surface area contributed by atoms with Gasteiger partial charge in [-0.05, 0) is 36.7 Å². The Morgan fingerprint density at radius 1 is 1.18 bits per heavy atom. The lowest BCUT2D eigenvalue weighted by Gasteiger charge is -2.26. The van der Waals surface area contributed by atoms with Crippen LogP contribution in [-0.2, 0) is 4.74 Å². The zero-order valence-corrected chi connectivity index (χ0v) is 14.7. The fourth-order valence-electron chi connectivity index (χ4n) is 3.12. The molecule has 7 heteroatoms. The van der Waals surface area contributed by atoms with Gasteiger partial charge in [-0.15, -0.1) is 0 Å². The first-order valence-electron chi connectivity index (χ1n) is 7.52. The van der Waals surface area contributed by atoms with Crippen molar-refractivity contribution < 1.29 is 9.53 Å². The molecule has 0 spiro atoms. The van der Waals surface area contributed by atoms with E-state index >= 15 is 0 Å². The molecule has 3 rings (SSSR count). The van der Waals surface area contributed by atoms with Gasteiger partial charge in [0, 0.05) is 38.0 Å². The first-order valence-corrected chi connectivity index (χ1v) is 8.31. The molecular weight excluding hydrogens is 348 g/mol. The predicted octanol–water partition coefficient (Wildman–Crippen LogP) is 2.54. The molecule has 120 valence electrons. The van der Waals surface area contributed by atoms with Crippen LogP contribution in [0.2, 0.25) is 0 Å². The highest BCUT2D eigenvalue weighted by Crippen LogP contribution is 2.33. The Morgan fingerprint density at radius 2 is 1.82 bits per heavy atom. The summed E-state index contributed by atoms with van der Waals surface area (Å²) in [6.45, 7) is 9.06. The summed E-state index contributed by atoms with van der Waals surface area (Å²) in [5, 5.41) is 0. The Bertz CT molecular complexity index is 544. The van der Waals surface area contributed by atoms with Crippen LogP contribution in [0.15, 0.2) is 17.0 Å². The van der Waals surface area contributed by atoms with E-state index in [1.807, 2.05) is 25.7 Å². The summed E-state index contributed by atoms with van der Waals surface area (Å²) in [6.07, 6.45) is 3.31. The molecule has 6 nitrogen and oxygen atoms in total. The molecule has 0 N–H and O–H groups in total. The number of hydrogen-bond donors (Lipinski definition) is 0. The number of anilines is 1. The summed E-state index contributed by atoms with van der Waals surface area (Å²) in [4.78, 5) is 24.9. The molecule has 2 saturated heterocycles. The maximum Gasteiger partial charge on any atom is 0.410 e.